The Morgan fingerprint density at radius 3 is 2.46 bits per heavy atom. The summed E-state index contributed by atoms with van der Waals surface area (Å²) in [6, 6.07) is 11.9. The average molecular weight is 372 g/mol. The van der Waals surface area contributed by atoms with E-state index in [1.807, 2.05) is 13.8 Å². The van der Waals surface area contributed by atoms with E-state index in [1.165, 1.54) is 16.4 Å². The Kier molecular flexibility index (Phi) is 4.99. The van der Waals surface area contributed by atoms with Crippen LogP contribution in [0.3, 0.4) is 0 Å². The number of hydrogen-bond donors (Lipinski definition) is 0. The molecule has 0 aliphatic carbocycles. The smallest absolute Gasteiger partial charge is 0.269 e. The van der Waals surface area contributed by atoms with Crippen LogP contribution in [-0.2, 0) is 10.0 Å². The predicted octanol–water partition coefficient (Wildman–Crippen LogP) is 3.50. The zero-order valence-electron chi connectivity index (χ0n) is 14.8. The van der Waals surface area contributed by atoms with Crippen molar-refractivity contribution in [3.8, 4) is 22.9 Å². The lowest BCUT2D eigenvalue weighted by molar-refractivity contribution is 0.311. The van der Waals surface area contributed by atoms with Gasteiger partial charge in [0.25, 0.3) is 10.0 Å². The summed E-state index contributed by atoms with van der Waals surface area (Å²) < 4.78 is 38.0. The van der Waals surface area contributed by atoms with Crippen molar-refractivity contribution in [3.05, 3.63) is 60.4 Å². The zero-order valence-corrected chi connectivity index (χ0v) is 15.7. The summed E-state index contributed by atoms with van der Waals surface area (Å²) in [5.74, 6) is 1.43. The lowest BCUT2D eigenvalue weighted by atomic mass is 10.2. The number of methoxy groups -OCH3 is 1. The van der Waals surface area contributed by atoms with Crippen LogP contribution in [0.25, 0.3) is 11.4 Å². The van der Waals surface area contributed by atoms with E-state index in [2.05, 4.69) is 4.98 Å². The van der Waals surface area contributed by atoms with Gasteiger partial charge in [0.05, 0.1) is 18.6 Å². The number of aryl methyl sites for hydroxylation is 1. The Balaban J connectivity index is 2.09. The molecule has 7 heteroatoms. The second-order valence-electron chi connectivity index (χ2n) is 5.66. The predicted molar refractivity (Wildman–Crippen MR) is 99.1 cm³/mol. The number of rotatable bonds is 6. The van der Waals surface area contributed by atoms with Gasteiger partial charge in [0, 0.05) is 18.0 Å². The van der Waals surface area contributed by atoms with Crippen LogP contribution in [0.4, 0.5) is 0 Å². The summed E-state index contributed by atoms with van der Waals surface area (Å²) in [6.45, 7) is 4.25. The van der Waals surface area contributed by atoms with Crippen molar-refractivity contribution in [2.45, 2.75) is 18.7 Å². The van der Waals surface area contributed by atoms with Crippen molar-refractivity contribution in [1.29, 1.82) is 0 Å². The minimum absolute atomic E-state index is 0.209. The first-order valence-corrected chi connectivity index (χ1v) is 9.58. The first kappa shape index (κ1) is 18.0. The van der Waals surface area contributed by atoms with E-state index in [1.54, 1.807) is 49.6 Å². The van der Waals surface area contributed by atoms with E-state index >= 15 is 0 Å². The third-order valence-electron chi connectivity index (χ3n) is 3.91. The van der Waals surface area contributed by atoms with Crippen molar-refractivity contribution < 1.29 is 17.9 Å². The second kappa shape index (κ2) is 7.21. The Bertz CT molecular complexity index is 1010. The number of ether oxygens (including phenoxy) is 2. The quantitative estimate of drug-likeness (QED) is 0.662. The number of hydrogen-bond acceptors (Lipinski definition) is 5. The van der Waals surface area contributed by atoms with Gasteiger partial charge in [0.2, 0.25) is 0 Å². The van der Waals surface area contributed by atoms with Crippen LogP contribution in [0.2, 0.25) is 0 Å². The van der Waals surface area contributed by atoms with Gasteiger partial charge >= 0.3 is 0 Å². The molecule has 1 heterocycles. The van der Waals surface area contributed by atoms with E-state index in [-0.39, 0.29) is 4.90 Å². The molecule has 0 saturated heterocycles. The van der Waals surface area contributed by atoms with Gasteiger partial charge in [-0.3, -0.25) is 0 Å². The Morgan fingerprint density at radius 2 is 1.81 bits per heavy atom. The largest absolute Gasteiger partial charge is 0.493 e. The molecule has 0 fully saturated rings. The third kappa shape index (κ3) is 3.30. The summed E-state index contributed by atoms with van der Waals surface area (Å²) >= 11 is 0. The highest BCUT2D eigenvalue weighted by Gasteiger charge is 2.21. The standard InChI is InChI=1S/C19H20N2O4S/c1-4-25-18-13-15(7-10-17(18)24-3)19-20-11-12-21(19)26(22,23)16-8-5-14(2)6-9-16/h5-13H,4H2,1-3H3. The lowest BCUT2D eigenvalue weighted by Gasteiger charge is -2.13. The highest BCUT2D eigenvalue weighted by molar-refractivity contribution is 7.90. The molecule has 0 radical (unpaired) electrons. The number of benzene rings is 2. The van der Waals surface area contributed by atoms with Gasteiger partial charge in [-0.05, 0) is 44.2 Å². The minimum atomic E-state index is -3.75. The van der Waals surface area contributed by atoms with Crippen molar-refractivity contribution in [1.82, 2.24) is 8.96 Å². The van der Waals surface area contributed by atoms with Crippen LogP contribution in [-0.4, -0.2) is 31.1 Å². The van der Waals surface area contributed by atoms with Gasteiger partial charge in [-0.2, -0.15) is 0 Å². The molecule has 6 nitrogen and oxygen atoms in total. The summed E-state index contributed by atoms with van der Waals surface area (Å²) in [4.78, 5) is 4.45. The molecule has 1 aromatic heterocycles. The van der Waals surface area contributed by atoms with Gasteiger partial charge < -0.3 is 9.47 Å². The number of aromatic nitrogens is 2. The highest BCUT2D eigenvalue weighted by Crippen LogP contribution is 2.33. The van der Waals surface area contributed by atoms with E-state index in [0.29, 0.717) is 29.5 Å². The molecule has 0 saturated carbocycles. The molecule has 0 spiro atoms. The van der Waals surface area contributed by atoms with E-state index in [4.69, 9.17) is 9.47 Å². The van der Waals surface area contributed by atoms with Gasteiger partial charge in [0.15, 0.2) is 17.3 Å². The molecule has 0 unspecified atom stereocenters. The average Bonchev–Trinajstić information content (AvgIpc) is 3.13. The number of imidazole rings is 1. The van der Waals surface area contributed by atoms with Gasteiger partial charge in [-0.25, -0.2) is 17.4 Å². The molecule has 0 amide bonds. The van der Waals surface area contributed by atoms with Crippen LogP contribution in [0, 0.1) is 6.92 Å². The Hall–Kier alpha value is -2.80. The van der Waals surface area contributed by atoms with Crippen LogP contribution >= 0.6 is 0 Å². The molecule has 0 aliphatic rings. The van der Waals surface area contributed by atoms with Crippen molar-refractivity contribution in [3.63, 3.8) is 0 Å². The van der Waals surface area contributed by atoms with Crippen molar-refractivity contribution in [2.24, 2.45) is 0 Å². The van der Waals surface area contributed by atoms with Crippen LogP contribution < -0.4 is 9.47 Å². The highest BCUT2D eigenvalue weighted by atomic mass is 32.2. The summed E-state index contributed by atoms with van der Waals surface area (Å²) in [6.07, 6.45) is 2.90. The lowest BCUT2D eigenvalue weighted by Crippen LogP contribution is -2.13. The molecule has 0 aliphatic heterocycles. The normalized spacial score (nSPS) is 11.3. The maximum Gasteiger partial charge on any atom is 0.269 e. The van der Waals surface area contributed by atoms with Crippen molar-refractivity contribution in [2.75, 3.05) is 13.7 Å². The molecule has 26 heavy (non-hydrogen) atoms. The fraction of sp³-hybridized carbons (Fsp3) is 0.211. The number of nitrogens with zero attached hydrogens (tertiary/aromatic N) is 2. The van der Waals surface area contributed by atoms with E-state index in [9.17, 15) is 8.42 Å². The first-order chi connectivity index (χ1) is 12.5. The maximum atomic E-state index is 13.0. The van der Waals surface area contributed by atoms with E-state index < -0.39 is 10.0 Å². The maximum absolute atomic E-state index is 13.0. The van der Waals surface area contributed by atoms with Gasteiger partial charge in [0.1, 0.15) is 0 Å². The molecule has 0 atom stereocenters. The molecule has 2 aromatic carbocycles. The molecule has 136 valence electrons. The fourth-order valence-electron chi connectivity index (χ4n) is 2.60. The van der Waals surface area contributed by atoms with E-state index in [0.717, 1.165) is 5.56 Å². The first-order valence-electron chi connectivity index (χ1n) is 8.14. The molecule has 0 bridgehead atoms. The zero-order chi connectivity index (χ0) is 18.7. The van der Waals surface area contributed by atoms with Crippen LogP contribution in [0.1, 0.15) is 12.5 Å². The third-order valence-corrected chi connectivity index (χ3v) is 5.59. The Labute approximate surface area is 153 Å². The molecular weight excluding hydrogens is 352 g/mol. The SMILES string of the molecule is CCOc1cc(-c2nccn2S(=O)(=O)c2ccc(C)cc2)ccc1OC. The van der Waals surface area contributed by atoms with Crippen molar-refractivity contribution >= 4 is 10.0 Å². The van der Waals surface area contributed by atoms with Crippen LogP contribution in [0.5, 0.6) is 11.5 Å². The minimum Gasteiger partial charge on any atom is -0.493 e. The molecular formula is C19H20N2O4S. The van der Waals surface area contributed by atoms with Crippen LogP contribution in [0.15, 0.2) is 59.8 Å². The Morgan fingerprint density at radius 1 is 1.08 bits per heavy atom. The summed E-state index contributed by atoms with van der Waals surface area (Å²) in [5.41, 5.74) is 1.61. The second-order valence-corrected chi connectivity index (χ2v) is 7.48. The van der Waals surface area contributed by atoms with Gasteiger partial charge in [-0.1, -0.05) is 17.7 Å². The fourth-order valence-corrected chi connectivity index (χ4v) is 3.90. The van der Waals surface area contributed by atoms with Gasteiger partial charge in [-0.15, -0.1) is 0 Å². The molecule has 3 rings (SSSR count). The summed E-state index contributed by atoms with van der Waals surface area (Å²) in [5, 5.41) is 0. The summed E-state index contributed by atoms with van der Waals surface area (Å²) in [7, 11) is -2.19. The monoisotopic (exact) mass is 372 g/mol. The molecule has 0 N–H and O–H groups in total. The topological polar surface area (TPSA) is 70.4 Å². The molecule has 3 aromatic rings.